The molecule has 0 fully saturated rings. The van der Waals surface area contributed by atoms with Crippen LogP contribution in [0.15, 0.2) is 47.5 Å². The van der Waals surface area contributed by atoms with Crippen molar-refractivity contribution in [3.05, 3.63) is 65.0 Å². The standard InChI is InChI=1S/C21H28FN3O2/c1-15-8-9-18(13-20(15)22)16(2)25-21(23-3)24-10-11-27-14-17-6-5-7-19(12-17)26-4/h5-9,12-13,16H,10-11,14H2,1-4H3,(H2,23,24,25). The number of nitrogens with one attached hydrogen (secondary N) is 2. The molecule has 0 aliphatic heterocycles. The van der Waals surface area contributed by atoms with E-state index in [0.29, 0.717) is 31.3 Å². The first kappa shape index (κ1) is 20.7. The molecule has 0 saturated heterocycles. The number of aryl methyl sites for hydroxylation is 1. The van der Waals surface area contributed by atoms with Crippen LogP contribution in [0.25, 0.3) is 0 Å². The molecule has 0 amide bonds. The van der Waals surface area contributed by atoms with E-state index in [1.165, 1.54) is 0 Å². The second-order valence-corrected chi connectivity index (χ2v) is 6.28. The minimum atomic E-state index is -0.199. The lowest BCUT2D eigenvalue weighted by Crippen LogP contribution is -2.40. The summed E-state index contributed by atoms with van der Waals surface area (Å²) in [6.07, 6.45) is 0. The van der Waals surface area contributed by atoms with Gasteiger partial charge < -0.3 is 20.1 Å². The monoisotopic (exact) mass is 373 g/mol. The van der Waals surface area contributed by atoms with E-state index in [1.54, 1.807) is 33.2 Å². The second-order valence-electron chi connectivity index (χ2n) is 6.28. The molecule has 2 rings (SSSR count). The Morgan fingerprint density at radius 1 is 1.22 bits per heavy atom. The third kappa shape index (κ3) is 6.57. The Labute approximate surface area is 160 Å². The largest absolute Gasteiger partial charge is 0.497 e. The van der Waals surface area contributed by atoms with E-state index >= 15 is 0 Å². The van der Waals surface area contributed by atoms with Crippen molar-refractivity contribution < 1.29 is 13.9 Å². The van der Waals surface area contributed by atoms with Gasteiger partial charge in [-0.15, -0.1) is 0 Å². The Morgan fingerprint density at radius 3 is 2.74 bits per heavy atom. The maximum atomic E-state index is 13.7. The summed E-state index contributed by atoms with van der Waals surface area (Å²) >= 11 is 0. The fourth-order valence-electron chi connectivity index (χ4n) is 2.56. The highest BCUT2D eigenvalue weighted by Crippen LogP contribution is 2.16. The van der Waals surface area contributed by atoms with Gasteiger partial charge in [-0.25, -0.2) is 4.39 Å². The first-order valence-corrected chi connectivity index (χ1v) is 8.97. The highest BCUT2D eigenvalue weighted by Gasteiger charge is 2.09. The molecule has 1 atom stereocenters. The molecule has 0 aliphatic rings. The molecule has 0 aliphatic carbocycles. The zero-order valence-electron chi connectivity index (χ0n) is 16.4. The number of halogens is 1. The molecule has 1 unspecified atom stereocenters. The van der Waals surface area contributed by atoms with Crippen LogP contribution in [-0.4, -0.2) is 33.3 Å². The first-order chi connectivity index (χ1) is 13.0. The van der Waals surface area contributed by atoms with Crippen LogP contribution in [0.1, 0.15) is 29.7 Å². The zero-order valence-corrected chi connectivity index (χ0v) is 16.4. The highest BCUT2D eigenvalue weighted by molar-refractivity contribution is 5.80. The number of aliphatic imine (C=N–C) groups is 1. The molecule has 0 radical (unpaired) electrons. The van der Waals surface area contributed by atoms with Crippen molar-refractivity contribution in [1.29, 1.82) is 0 Å². The van der Waals surface area contributed by atoms with Crippen LogP contribution < -0.4 is 15.4 Å². The van der Waals surface area contributed by atoms with Gasteiger partial charge in [0.15, 0.2) is 5.96 Å². The van der Waals surface area contributed by atoms with Crippen molar-refractivity contribution in [3.8, 4) is 5.75 Å². The summed E-state index contributed by atoms with van der Waals surface area (Å²) in [6, 6.07) is 13.0. The molecule has 0 bridgehead atoms. The van der Waals surface area contributed by atoms with E-state index in [0.717, 1.165) is 16.9 Å². The predicted molar refractivity (Wildman–Crippen MR) is 107 cm³/mol. The van der Waals surface area contributed by atoms with Crippen LogP contribution >= 0.6 is 0 Å². The highest BCUT2D eigenvalue weighted by atomic mass is 19.1. The molecule has 27 heavy (non-hydrogen) atoms. The van der Waals surface area contributed by atoms with Gasteiger partial charge in [0.05, 0.1) is 26.4 Å². The van der Waals surface area contributed by atoms with Gasteiger partial charge in [-0.3, -0.25) is 4.99 Å². The van der Waals surface area contributed by atoms with Crippen LogP contribution in [0, 0.1) is 12.7 Å². The van der Waals surface area contributed by atoms with Crippen molar-refractivity contribution >= 4 is 5.96 Å². The lowest BCUT2D eigenvalue weighted by atomic mass is 10.1. The SMILES string of the molecule is CN=C(NCCOCc1cccc(OC)c1)NC(C)c1ccc(C)c(F)c1. The molecule has 0 heterocycles. The van der Waals surface area contributed by atoms with E-state index in [9.17, 15) is 4.39 Å². The summed E-state index contributed by atoms with van der Waals surface area (Å²) in [4.78, 5) is 4.20. The number of rotatable bonds is 8. The maximum Gasteiger partial charge on any atom is 0.191 e. The molecular formula is C21H28FN3O2. The molecule has 6 heteroatoms. The third-order valence-electron chi connectivity index (χ3n) is 4.21. The first-order valence-electron chi connectivity index (χ1n) is 8.97. The van der Waals surface area contributed by atoms with Crippen LogP contribution in [0.5, 0.6) is 5.75 Å². The van der Waals surface area contributed by atoms with E-state index in [1.807, 2.05) is 37.3 Å². The lowest BCUT2D eigenvalue weighted by Gasteiger charge is -2.18. The van der Waals surface area contributed by atoms with Crippen LogP contribution in [0.4, 0.5) is 4.39 Å². The van der Waals surface area contributed by atoms with Gasteiger partial charge in [0.25, 0.3) is 0 Å². The number of hydrogen-bond donors (Lipinski definition) is 2. The van der Waals surface area contributed by atoms with E-state index < -0.39 is 0 Å². The van der Waals surface area contributed by atoms with Crippen molar-refractivity contribution in [2.45, 2.75) is 26.5 Å². The van der Waals surface area contributed by atoms with Crippen molar-refractivity contribution in [3.63, 3.8) is 0 Å². The van der Waals surface area contributed by atoms with Gasteiger partial charge in [-0.2, -0.15) is 0 Å². The smallest absolute Gasteiger partial charge is 0.191 e. The van der Waals surface area contributed by atoms with Gasteiger partial charge >= 0.3 is 0 Å². The van der Waals surface area contributed by atoms with E-state index in [4.69, 9.17) is 9.47 Å². The molecule has 2 aromatic rings. The molecule has 2 aromatic carbocycles. The molecule has 2 N–H and O–H groups in total. The van der Waals surface area contributed by atoms with Gasteiger partial charge in [-0.1, -0.05) is 24.3 Å². The Kier molecular flexibility index (Phi) is 8.07. The van der Waals surface area contributed by atoms with Crippen molar-refractivity contribution in [2.75, 3.05) is 27.3 Å². The van der Waals surface area contributed by atoms with Crippen LogP contribution in [0.2, 0.25) is 0 Å². The molecule has 0 saturated carbocycles. The lowest BCUT2D eigenvalue weighted by molar-refractivity contribution is 0.125. The zero-order chi connectivity index (χ0) is 19.6. The number of methoxy groups -OCH3 is 1. The quantitative estimate of drug-likeness (QED) is 0.422. The summed E-state index contributed by atoms with van der Waals surface area (Å²) in [5.74, 6) is 1.27. The fraction of sp³-hybridized carbons (Fsp3) is 0.381. The molecule has 5 nitrogen and oxygen atoms in total. The third-order valence-corrected chi connectivity index (χ3v) is 4.21. The van der Waals surface area contributed by atoms with E-state index in [-0.39, 0.29) is 11.9 Å². The fourth-order valence-corrected chi connectivity index (χ4v) is 2.56. The van der Waals surface area contributed by atoms with E-state index in [2.05, 4.69) is 15.6 Å². The summed E-state index contributed by atoms with van der Waals surface area (Å²) in [7, 11) is 3.35. The number of ether oxygens (including phenoxy) is 2. The molecule has 146 valence electrons. The minimum absolute atomic E-state index is 0.0657. The topological polar surface area (TPSA) is 54.9 Å². The normalized spacial score (nSPS) is 12.6. The predicted octanol–water partition coefficient (Wildman–Crippen LogP) is 3.59. The Balaban J connectivity index is 1.74. The van der Waals surface area contributed by atoms with Gasteiger partial charge in [0.1, 0.15) is 11.6 Å². The number of hydrogen-bond acceptors (Lipinski definition) is 3. The summed E-state index contributed by atoms with van der Waals surface area (Å²) in [5.41, 5.74) is 2.57. The Hall–Kier alpha value is -2.60. The van der Waals surface area contributed by atoms with Crippen LogP contribution in [0.3, 0.4) is 0 Å². The Morgan fingerprint density at radius 2 is 2.04 bits per heavy atom. The summed E-state index contributed by atoms with van der Waals surface area (Å²) < 4.78 is 24.6. The average molecular weight is 373 g/mol. The summed E-state index contributed by atoms with van der Waals surface area (Å²) in [6.45, 7) is 5.38. The van der Waals surface area contributed by atoms with Gasteiger partial charge in [-0.05, 0) is 48.7 Å². The minimum Gasteiger partial charge on any atom is -0.497 e. The number of nitrogens with zero attached hydrogens (tertiary/aromatic N) is 1. The van der Waals surface area contributed by atoms with Gasteiger partial charge in [0, 0.05) is 13.6 Å². The number of guanidine groups is 1. The summed E-state index contributed by atoms with van der Waals surface area (Å²) in [5, 5.41) is 6.45. The average Bonchev–Trinajstić information content (AvgIpc) is 2.68. The molecule has 0 spiro atoms. The van der Waals surface area contributed by atoms with Crippen molar-refractivity contribution in [2.24, 2.45) is 4.99 Å². The maximum absolute atomic E-state index is 13.7. The van der Waals surface area contributed by atoms with Crippen LogP contribution in [-0.2, 0) is 11.3 Å². The second kappa shape index (κ2) is 10.5. The number of benzene rings is 2. The molecular weight excluding hydrogens is 345 g/mol. The van der Waals surface area contributed by atoms with Crippen molar-refractivity contribution in [1.82, 2.24) is 10.6 Å². The van der Waals surface area contributed by atoms with Gasteiger partial charge in [0.2, 0.25) is 0 Å². The Bertz CT molecular complexity index is 765. The molecule has 0 aromatic heterocycles.